The number of carbonyl (C=O) groups excluding carboxylic acids is 1. The predicted octanol–water partition coefficient (Wildman–Crippen LogP) is 7.86. The van der Waals surface area contributed by atoms with Crippen LogP contribution in [0.15, 0.2) is 0 Å². The first kappa shape index (κ1) is 43.3. The number of amides is 1. The molecular formula is C38H75NO7. The van der Waals surface area contributed by atoms with Gasteiger partial charge in [-0.3, -0.25) is 4.79 Å². The Balaban J connectivity index is 2.37. The molecule has 274 valence electrons. The first-order chi connectivity index (χ1) is 22.3. The Bertz CT molecular complexity index is 696. The van der Waals surface area contributed by atoms with Gasteiger partial charge in [0.2, 0.25) is 5.91 Å². The molecule has 0 aromatic carbocycles. The monoisotopic (exact) mass is 658 g/mol. The van der Waals surface area contributed by atoms with E-state index in [0.717, 1.165) is 38.5 Å². The summed E-state index contributed by atoms with van der Waals surface area (Å²) >= 11 is 0. The van der Waals surface area contributed by atoms with Crippen molar-refractivity contribution in [1.82, 2.24) is 5.32 Å². The summed E-state index contributed by atoms with van der Waals surface area (Å²) in [6.45, 7) is 6.05. The first-order valence-corrected chi connectivity index (χ1v) is 19.6. The third-order valence-electron chi connectivity index (χ3n) is 9.67. The molecule has 0 aromatic heterocycles. The number of nitrogens with one attached hydrogen (secondary N) is 1. The average Bonchev–Trinajstić information content (AvgIpc) is 3.05. The fourth-order valence-corrected chi connectivity index (χ4v) is 6.40. The summed E-state index contributed by atoms with van der Waals surface area (Å²) in [5.41, 5.74) is 0. The Morgan fingerprint density at radius 3 is 1.50 bits per heavy atom. The molecule has 0 spiro atoms. The van der Waals surface area contributed by atoms with E-state index in [2.05, 4.69) is 19.2 Å². The quantitative estimate of drug-likeness (QED) is 0.0480. The molecule has 1 aliphatic rings. The highest BCUT2D eigenvalue weighted by molar-refractivity contribution is 5.76. The van der Waals surface area contributed by atoms with Crippen LogP contribution in [0.4, 0.5) is 0 Å². The SMILES string of the molecule is CCCCCCCCCCCCCCC[C@@H](O)[C@H](COC1OC(C)C(O)C(O)C1O)NC(=O)CCCCCCCCCCCCC. The molecule has 0 saturated carbocycles. The van der Waals surface area contributed by atoms with Crippen molar-refractivity contribution in [2.45, 2.75) is 231 Å². The number of ether oxygens (including phenoxy) is 2. The summed E-state index contributed by atoms with van der Waals surface area (Å²) in [6, 6.07) is -0.646. The van der Waals surface area contributed by atoms with Gasteiger partial charge in [-0.2, -0.15) is 0 Å². The maximum absolute atomic E-state index is 12.8. The van der Waals surface area contributed by atoms with Crippen molar-refractivity contribution in [2.24, 2.45) is 0 Å². The van der Waals surface area contributed by atoms with E-state index in [0.29, 0.717) is 12.8 Å². The standard InChI is InChI=1S/C38H75NO7/c1-4-6-8-10-12-14-16-17-19-20-22-24-26-28-33(40)32(30-45-38-37(44)36(43)35(42)31(3)46-38)39-34(41)29-27-25-23-21-18-15-13-11-9-7-5-2/h31-33,35-38,40,42-44H,4-30H2,1-3H3,(H,39,41)/t31?,32-,33+,35?,36?,37?,38?/m0/s1. The second kappa shape index (κ2) is 29.2. The van der Waals surface area contributed by atoms with Crippen molar-refractivity contribution in [3.8, 4) is 0 Å². The van der Waals surface area contributed by atoms with Gasteiger partial charge in [0, 0.05) is 6.42 Å². The van der Waals surface area contributed by atoms with E-state index in [1.807, 2.05) is 0 Å². The summed E-state index contributed by atoms with van der Waals surface area (Å²) in [4.78, 5) is 12.8. The van der Waals surface area contributed by atoms with Gasteiger partial charge in [-0.25, -0.2) is 0 Å². The van der Waals surface area contributed by atoms with E-state index in [1.165, 1.54) is 116 Å². The van der Waals surface area contributed by atoms with E-state index in [9.17, 15) is 25.2 Å². The molecule has 0 bridgehead atoms. The Morgan fingerprint density at radius 2 is 1.04 bits per heavy atom. The van der Waals surface area contributed by atoms with Crippen molar-refractivity contribution in [3.63, 3.8) is 0 Å². The zero-order valence-electron chi connectivity index (χ0n) is 30.1. The lowest BCUT2D eigenvalue weighted by molar-refractivity contribution is -0.295. The van der Waals surface area contributed by atoms with Gasteiger partial charge in [-0.05, 0) is 19.8 Å². The van der Waals surface area contributed by atoms with Crippen LogP contribution >= 0.6 is 0 Å². The minimum atomic E-state index is -1.42. The Hall–Kier alpha value is -0.770. The van der Waals surface area contributed by atoms with Gasteiger partial charge in [0.15, 0.2) is 6.29 Å². The Morgan fingerprint density at radius 1 is 0.630 bits per heavy atom. The molecule has 1 aliphatic heterocycles. The minimum Gasteiger partial charge on any atom is -0.391 e. The van der Waals surface area contributed by atoms with Crippen LogP contribution < -0.4 is 5.32 Å². The lowest BCUT2D eigenvalue weighted by Crippen LogP contribution is -2.58. The number of hydrogen-bond donors (Lipinski definition) is 5. The summed E-state index contributed by atoms with van der Waals surface area (Å²) in [5, 5.41) is 44.5. The summed E-state index contributed by atoms with van der Waals surface area (Å²) in [5.74, 6) is -0.108. The average molecular weight is 658 g/mol. The predicted molar refractivity (Wildman–Crippen MR) is 188 cm³/mol. The molecule has 0 aromatic rings. The fraction of sp³-hybridized carbons (Fsp3) is 0.974. The third kappa shape index (κ3) is 21.3. The number of hydrogen-bond acceptors (Lipinski definition) is 7. The summed E-state index contributed by atoms with van der Waals surface area (Å²) < 4.78 is 11.3. The van der Waals surface area contributed by atoms with Crippen molar-refractivity contribution in [1.29, 1.82) is 0 Å². The lowest BCUT2D eigenvalue weighted by Gasteiger charge is -2.39. The molecule has 1 heterocycles. The smallest absolute Gasteiger partial charge is 0.220 e. The molecule has 8 nitrogen and oxygen atoms in total. The molecule has 46 heavy (non-hydrogen) atoms. The molecule has 1 amide bonds. The molecule has 1 fully saturated rings. The highest BCUT2D eigenvalue weighted by atomic mass is 16.7. The van der Waals surface area contributed by atoms with Crippen molar-refractivity contribution >= 4 is 5.91 Å². The number of carbonyl (C=O) groups is 1. The molecule has 5 N–H and O–H groups in total. The second-order valence-electron chi connectivity index (χ2n) is 14.1. The van der Waals surface area contributed by atoms with Gasteiger partial charge in [0.05, 0.1) is 24.9 Å². The number of aliphatic hydroxyl groups excluding tert-OH is 4. The second-order valence-corrected chi connectivity index (χ2v) is 14.1. The van der Waals surface area contributed by atoms with Crippen LogP contribution in [0.2, 0.25) is 0 Å². The highest BCUT2D eigenvalue weighted by Gasteiger charge is 2.42. The molecule has 0 aliphatic carbocycles. The van der Waals surface area contributed by atoms with Gasteiger partial charge in [0.1, 0.15) is 18.3 Å². The number of rotatable bonds is 31. The van der Waals surface area contributed by atoms with Crippen LogP contribution in [0.1, 0.15) is 188 Å². The molecule has 5 unspecified atom stereocenters. The lowest BCUT2D eigenvalue weighted by atomic mass is 10.00. The first-order valence-electron chi connectivity index (χ1n) is 19.6. The van der Waals surface area contributed by atoms with E-state index in [-0.39, 0.29) is 12.5 Å². The normalized spacial score (nSPS) is 23.0. The van der Waals surface area contributed by atoms with E-state index < -0.39 is 42.9 Å². The van der Waals surface area contributed by atoms with Gasteiger partial charge < -0.3 is 35.2 Å². The highest BCUT2D eigenvalue weighted by Crippen LogP contribution is 2.23. The summed E-state index contributed by atoms with van der Waals surface area (Å²) in [7, 11) is 0. The van der Waals surface area contributed by atoms with E-state index >= 15 is 0 Å². The van der Waals surface area contributed by atoms with Gasteiger partial charge in [-0.1, -0.05) is 162 Å². The van der Waals surface area contributed by atoms with E-state index in [4.69, 9.17) is 9.47 Å². The van der Waals surface area contributed by atoms with Crippen molar-refractivity contribution < 1.29 is 34.7 Å². The van der Waals surface area contributed by atoms with Gasteiger partial charge in [0.25, 0.3) is 0 Å². The largest absolute Gasteiger partial charge is 0.391 e. The molecule has 7 atom stereocenters. The van der Waals surface area contributed by atoms with Gasteiger partial charge >= 0.3 is 0 Å². The fourth-order valence-electron chi connectivity index (χ4n) is 6.40. The van der Waals surface area contributed by atoms with Crippen LogP contribution in [0.25, 0.3) is 0 Å². The van der Waals surface area contributed by atoms with Gasteiger partial charge in [-0.15, -0.1) is 0 Å². The van der Waals surface area contributed by atoms with E-state index in [1.54, 1.807) is 6.92 Å². The third-order valence-corrected chi connectivity index (χ3v) is 9.67. The zero-order chi connectivity index (χ0) is 33.8. The van der Waals surface area contributed by atoms with Crippen molar-refractivity contribution in [2.75, 3.05) is 6.61 Å². The maximum Gasteiger partial charge on any atom is 0.220 e. The number of aliphatic hydroxyl groups is 4. The van der Waals surface area contributed by atoms with Crippen LogP contribution in [-0.2, 0) is 14.3 Å². The van der Waals surface area contributed by atoms with Crippen molar-refractivity contribution in [3.05, 3.63) is 0 Å². The minimum absolute atomic E-state index is 0.0547. The number of unbranched alkanes of at least 4 members (excludes halogenated alkanes) is 22. The van der Waals surface area contributed by atoms with Crippen LogP contribution in [-0.4, -0.2) is 75.8 Å². The molecule has 0 radical (unpaired) electrons. The zero-order valence-corrected chi connectivity index (χ0v) is 30.1. The Kier molecular flexibility index (Phi) is 27.4. The van der Waals surface area contributed by atoms with Crippen LogP contribution in [0.5, 0.6) is 0 Å². The molecular weight excluding hydrogens is 582 g/mol. The van der Waals surface area contributed by atoms with Crippen LogP contribution in [0, 0.1) is 0 Å². The Labute approximate surface area is 282 Å². The molecule has 8 heteroatoms. The van der Waals surface area contributed by atoms with Crippen LogP contribution in [0.3, 0.4) is 0 Å². The molecule has 1 rings (SSSR count). The maximum atomic E-state index is 12.8. The molecule has 1 saturated heterocycles. The topological polar surface area (TPSA) is 128 Å². The summed E-state index contributed by atoms with van der Waals surface area (Å²) in [6.07, 6.45) is 24.0.